The van der Waals surface area contributed by atoms with Crippen LogP contribution >= 0.6 is 11.6 Å². The van der Waals surface area contributed by atoms with Crippen molar-refractivity contribution in [2.24, 2.45) is 0 Å². The summed E-state index contributed by atoms with van der Waals surface area (Å²) in [6.45, 7) is 0.814. The molecule has 1 fully saturated rings. The predicted molar refractivity (Wildman–Crippen MR) is 85.8 cm³/mol. The first kappa shape index (κ1) is 14.3. The van der Waals surface area contributed by atoms with E-state index in [1.165, 1.54) is 6.42 Å². The van der Waals surface area contributed by atoms with Crippen molar-refractivity contribution < 1.29 is 4.79 Å². The summed E-state index contributed by atoms with van der Waals surface area (Å²) in [6.07, 6.45) is 4.15. The Hall–Kier alpha value is -1.61. The largest absolute Gasteiger partial charge is 0.334 e. The molecule has 4 heteroatoms. The summed E-state index contributed by atoms with van der Waals surface area (Å²) in [5.74, 6) is 0.634. The second kappa shape index (κ2) is 6.44. The van der Waals surface area contributed by atoms with Crippen molar-refractivity contribution in [1.82, 2.24) is 9.88 Å². The van der Waals surface area contributed by atoms with Gasteiger partial charge in [0.1, 0.15) is 5.69 Å². The number of rotatable bonds is 3. The summed E-state index contributed by atoms with van der Waals surface area (Å²) < 4.78 is 0. The molecule has 1 saturated heterocycles. The molecule has 3 rings (SSSR count). The van der Waals surface area contributed by atoms with E-state index in [4.69, 9.17) is 11.6 Å². The number of hydrogen-bond acceptors (Lipinski definition) is 2. The van der Waals surface area contributed by atoms with Crippen molar-refractivity contribution in [3.05, 3.63) is 42.1 Å². The van der Waals surface area contributed by atoms with Gasteiger partial charge in [-0.2, -0.15) is 0 Å². The number of carbonyl (C=O) groups is 1. The second-order valence-corrected chi connectivity index (χ2v) is 5.89. The molecule has 0 spiro atoms. The molecular formula is C17H19ClN2O. The van der Waals surface area contributed by atoms with E-state index in [1.807, 2.05) is 41.3 Å². The van der Waals surface area contributed by atoms with Crippen LogP contribution in [-0.2, 0) is 0 Å². The Morgan fingerprint density at radius 1 is 1.24 bits per heavy atom. The monoisotopic (exact) mass is 302 g/mol. The SMILES string of the molecule is O=C(c1ccc2ccccc2n1)N1CCCCC1CCCl. The fourth-order valence-corrected chi connectivity index (χ4v) is 3.28. The standard InChI is InChI=1S/C17H19ClN2O/c18-11-10-14-6-3-4-12-20(14)17(21)16-9-8-13-5-1-2-7-15(13)19-16/h1-2,5,7-9,14H,3-4,6,10-12H2. The van der Waals surface area contributed by atoms with E-state index in [2.05, 4.69) is 4.98 Å². The molecule has 1 aromatic heterocycles. The van der Waals surface area contributed by atoms with Crippen molar-refractivity contribution in [1.29, 1.82) is 0 Å². The number of halogens is 1. The van der Waals surface area contributed by atoms with Crippen LogP contribution in [0.15, 0.2) is 36.4 Å². The van der Waals surface area contributed by atoms with E-state index >= 15 is 0 Å². The fourth-order valence-electron chi connectivity index (χ4n) is 3.03. The summed E-state index contributed by atoms with van der Waals surface area (Å²) in [7, 11) is 0. The molecule has 21 heavy (non-hydrogen) atoms. The van der Waals surface area contributed by atoms with Crippen LogP contribution in [0.25, 0.3) is 10.9 Å². The van der Waals surface area contributed by atoms with Crippen molar-refractivity contribution >= 4 is 28.4 Å². The first-order valence-corrected chi connectivity index (χ1v) is 8.06. The number of aromatic nitrogens is 1. The lowest BCUT2D eigenvalue weighted by Crippen LogP contribution is -2.44. The Labute approximate surface area is 129 Å². The lowest BCUT2D eigenvalue weighted by molar-refractivity contribution is 0.0603. The highest BCUT2D eigenvalue weighted by molar-refractivity contribution is 6.17. The van der Waals surface area contributed by atoms with Gasteiger partial charge in [0.2, 0.25) is 0 Å². The third-order valence-electron chi connectivity index (χ3n) is 4.15. The molecule has 2 aromatic rings. The van der Waals surface area contributed by atoms with Crippen LogP contribution in [0, 0.1) is 0 Å². The van der Waals surface area contributed by atoms with Crippen molar-refractivity contribution in [3.8, 4) is 0 Å². The number of amides is 1. The molecule has 0 aliphatic carbocycles. The van der Waals surface area contributed by atoms with Crippen LogP contribution in [0.3, 0.4) is 0 Å². The summed E-state index contributed by atoms with van der Waals surface area (Å²) in [5.41, 5.74) is 1.41. The topological polar surface area (TPSA) is 33.2 Å². The number of hydrogen-bond donors (Lipinski definition) is 0. The van der Waals surface area contributed by atoms with Gasteiger partial charge in [0.15, 0.2) is 0 Å². The Morgan fingerprint density at radius 3 is 2.95 bits per heavy atom. The first-order valence-electron chi connectivity index (χ1n) is 7.52. The van der Waals surface area contributed by atoms with E-state index in [1.54, 1.807) is 0 Å². The Balaban J connectivity index is 1.87. The van der Waals surface area contributed by atoms with Gasteiger partial charge in [0.25, 0.3) is 5.91 Å². The lowest BCUT2D eigenvalue weighted by Gasteiger charge is -2.35. The number of carbonyl (C=O) groups excluding carboxylic acids is 1. The van der Waals surface area contributed by atoms with Gasteiger partial charge in [0, 0.05) is 23.9 Å². The Morgan fingerprint density at radius 2 is 2.10 bits per heavy atom. The van der Waals surface area contributed by atoms with Crippen molar-refractivity contribution in [3.63, 3.8) is 0 Å². The number of alkyl halides is 1. The predicted octanol–water partition coefficient (Wildman–Crippen LogP) is 3.86. The number of piperidine rings is 1. The van der Waals surface area contributed by atoms with Gasteiger partial charge in [-0.15, -0.1) is 11.6 Å². The zero-order valence-corrected chi connectivity index (χ0v) is 12.7. The molecule has 1 aliphatic rings. The van der Waals surface area contributed by atoms with Gasteiger partial charge in [-0.25, -0.2) is 4.98 Å². The van der Waals surface area contributed by atoms with E-state index in [-0.39, 0.29) is 11.9 Å². The summed E-state index contributed by atoms with van der Waals surface area (Å²) in [4.78, 5) is 19.2. The zero-order valence-electron chi connectivity index (χ0n) is 12.0. The lowest BCUT2D eigenvalue weighted by atomic mass is 9.99. The van der Waals surface area contributed by atoms with Crippen LogP contribution < -0.4 is 0 Å². The zero-order chi connectivity index (χ0) is 14.7. The normalized spacial score (nSPS) is 18.9. The average Bonchev–Trinajstić information content (AvgIpc) is 2.54. The minimum atomic E-state index is 0.0376. The third-order valence-corrected chi connectivity index (χ3v) is 4.37. The van der Waals surface area contributed by atoms with Crippen molar-refractivity contribution in [2.45, 2.75) is 31.7 Å². The minimum Gasteiger partial charge on any atom is -0.334 e. The second-order valence-electron chi connectivity index (χ2n) is 5.52. The smallest absolute Gasteiger partial charge is 0.272 e. The average molecular weight is 303 g/mol. The number of benzene rings is 1. The molecule has 110 valence electrons. The van der Waals surface area contributed by atoms with E-state index in [9.17, 15) is 4.79 Å². The van der Waals surface area contributed by atoms with Crippen molar-refractivity contribution in [2.75, 3.05) is 12.4 Å². The van der Waals surface area contributed by atoms with Gasteiger partial charge in [0.05, 0.1) is 5.52 Å². The van der Waals surface area contributed by atoms with Crippen LogP contribution in [0.4, 0.5) is 0 Å². The number of para-hydroxylation sites is 1. The maximum absolute atomic E-state index is 12.7. The Kier molecular flexibility index (Phi) is 4.39. The number of fused-ring (bicyclic) bond motifs is 1. The molecule has 1 amide bonds. The summed E-state index contributed by atoms with van der Waals surface area (Å²) in [5, 5.41) is 1.06. The third kappa shape index (κ3) is 3.03. The molecule has 1 aromatic carbocycles. The van der Waals surface area contributed by atoms with Gasteiger partial charge < -0.3 is 4.90 Å². The molecule has 0 bridgehead atoms. The minimum absolute atomic E-state index is 0.0376. The molecule has 1 atom stereocenters. The highest BCUT2D eigenvalue weighted by Gasteiger charge is 2.27. The molecule has 1 aliphatic heterocycles. The van der Waals surface area contributed by atoms with Crippen LogP contribution in [-0.4, -0.2) is 34.3 Å². The first-order chi connectivity index (χ1) is 10.3. The molecule has 3 nitrogen and oxygen atoms in total. The van der Waals surface area contributed by atoms with Crippen LogP contribution in [0.5, 0.6) is 0 Å². The van der Waals surface area contributed by atoms with Gasteiger partial charge in [-0.05, 0) is 37.8 Å². The Bertz CT molecular complexity index is 641. The quantitative estimate of drug-likeness (QED) is 0.807. The number of pyridine rings is 1. The molecular weight excluding hydrogens is 284 g/mol. The highest BCUT2D eigenvalue weighted by atomic mass is 35.5. The molecule has 2 heterocycles. The van der Waals surface area contributed by atoms with Gasteiger partial charge in [-0.3, -0.25) is 4.79 Å². The van der Waals surface area contributed by atoms with Crippen LogP contribution in [0.2, 0.25) is 0 Å². The van der Waals surface area contributed by atoms with Gasteiger partial charge >= 0.3 is 0 Å². The fraction of sp³-hybridized carbons (Fsp3) is 0.412. The van der Waals surface area contributed by atoms with E-state index < -0.39 is 0 Å². The maximum atomic E-state index is 12.7. The highest BCUT2D eigenvalue weighted by Crippen LogP contribution is 2.22. The maximum Gasteiger partial charge on any atom is 0.272 e. The summed E-state index contributed by atoms with van der Waals surface area (Å²) >= 11 is 5.88. The van der Waals surface area contributed by atoms with Gasteiger partial charge in [-0.1, -0.05) is 24.3 Å². The molecule has 0 saturated carbocycles. The molecule has 1 unspecified atom stereocenters. The summed E-state index contributed by atoms with van der Waals surface area (Å²) in [6, 6.07) is 11.9. The molecule has 0 radical (unpaired) electrons. The molecule has 0 N–H and O–H groups in total. The number of likely N-dealkylation sites (tertiary alicyclic amines) is 1. The van der Waals surface area contributed by atoms with E-state index in [0.717, 1.165) is 36.7 Å². The number of nitrogens with zero attached hydrogens (tertiary/aromatic N) is 2. The van der Waals surface area contributed by atoms with Crippen LogP contribution in [0.1, 0.15) is 36.2 Å². The van der Waals surface area contributed by atoms with E-state index in [0.29, 0.717) is 11.6 Å².